The van der Waals surface area contributed by atoms with Gasteiger partial charge < -0.3 is 28.1 Å². The molecule has 0 saturated carbocycles. The van der Waals surface area contributed by atoms with Gasteiger partial charge in [-0.2, -0.15) is 0 Å². The van der Waals surface area contributed by atoms with E-state index in [9.17, 15) is 0 Å². The van der Waals surface area contributed by atoms with E-state index in [4.69, 9.17) is 28.1 Å². The van der Waals surface area contributed by atoms with Crippen LogP contribution in [0, 0.1) is 0 Å². The van der Waals surface area contributed by atoms with Crippen molar-refractivity contribution in [1.82, 2.24) is 0 Å². The minimum Gasteiger partial charge on any atom is -0.405 e. The molecule has 0 aromatic heterocycles. The molecular formula is C27H38O6Si. The van der Waals surface area contributed by atoms with Crippen molar-refractivity contribution in [2.45, 2.75) is 69.5 Å². The lowest BCUT2D eigenvalue weighted by Gasteiger charge is -2.52. The second-order valence-electron chi connectivity index (χ2n) is 10.4. The van der Waals surface area contributed by atoms with Crippen LogP contribution in [-0.4, -0.2) is 65.6 Å². The normalized spacial score (nSPS) is 31.9. The van der Waals surface area contributed by atoms with Gasteiger partial charge in [-0.3, -0.25) is 0 Å². The molecule has 6 nitrogen and oxygen atoms in total. The third-order valence-electron chi connectivity index (χ3n) is 7.31. The summed E-state index contributed by atoms with van der Waals surface area (Å²) in [6.45, 7) is 11.5. The molecule has 2 aromatic rings. The Morgan fingerprint density at radius 3 is 1.74 bits per heavy atom. The maximum Gasteiger partial charge on any atom is 0.261 e. The van der Waals surface area contributed by atoms with E-state index in [2.05, 4.69) is 69.3 Å². The highest BCUT2D eigenvalue weighted by atomic mass is 28.4. The predicted octanol–water partition coefficient (Wildman–Crippen LogP) is 3.47. The summed E-state index contributed by atoms with van der Waals surface area (Å²) < 4.78 is 37.3. The van der Waals surface area contributed by atoms with Crippen molar-refractivity contribution in [3.63, 3.8) is 0 Å². The fourth-order valence-electron chi connectivity index (χ4n) is 5.03. The van der Waals surface area contributed by atoms with Crippen LogP contribution >= 0.6 is 0 Å². The van der Waals surface area contributed by atoms with Crippen LogP contribution in [0.5, 0.6) is 0 Å². The second kappa shape index (κ2) is 9.46. The van der Waals surface area contributed by atoms with Gasteiger partial charge >= 0.3 is 0 Å². The minimum atomic E-state index is -2.73. The van der Waals surface area contributed by atoms with E-state index >= 15 is 0 Å². The number of methoxy groups -OCH3 is 2. The van der Waals surface area contributed by atoms with Crippen molar-refractivity contribution in [3.8, 4) is 0 Å². The monoisotopic (exact) mass is 486 g/mol. The average Bonchev–Trinajstić information content (AvgIpc) is 3.67. The molecule has 2 heterocycles. The van der Waals surface area contributed by atoms with E-state index in [-0.39, 0.29) is 23.4 Å². The van der Waals surface area contributed by atoms with Crippen LogP contribution in [-0.2, 0) is 28.1 Å². The molecule has 0 aliphatic carbocycles. The van der Waals surface area contributed by atoms with Crippen LogP contribution in [0.4, 0.5) is 0 Å². The third-order valence-corrected chi connectivity index (χ3v) is 12.3. The van der Waals surface area contributed by atoms with Crippen LogP contribution < -0.4 is 10.4 Å². The lowest BCUT2D eigenvalue weighted by atomic mass is 10.0. The lowest BCUT2D eigenvalue weighted by molar-refractivity contribution is -0.450. The van der Waals surface area contributed by atoms with Gasteiger partial charge in [0.1, 0.15) is 18.3 Å². The standard InChI is InChI=1S/C27H38O6Si/c1-25(2,3)34(20-14-10-8-11-15-20,21-16-12-9-13-17-21)31-19-23-24(22-18-30-22)33-27(5,29-7)26(4,28-6)32-23/h8-17,22-24H,18-19H2,1-7H3/t22?,23-,24+,26+,27+/m0/s1. The van der Waals surface area contributed by atoms with Gasteiger partial charge in [-0.05, 0) is 29.3 Å². The zero-order valence-corrected chi connectivity index (χ0v) is 22.4. The summed E-state index contributed by atoms with van der Waals surface area (Å²) in [5.74, 6) is -2.18. The van der Waals surface area contributed by atoms with Crippen LogP contribution in [0.1, 0.15) is 34.6 Å². The Morgan fingerprint density at radius 2 is 1.32 bits per heavy atom. The molecule has 2 saturated heterocycles. The molecule has 5 atom stereocenters. The fourth-order valence-corrected chi connectivity index (χ4v) is 9.60. The summed E-state index contributed by atoms with van der Waals surface area (Å²) in [6, 6.07) is 21.2. The number of hydrogen-bond donors (Lipinski definition) is 0. The van der Waals surface area contributed by atoms with E-state index in [1.54, 1.807) is 14.2 Å². The number of ether oxygens (including phenoxy) is 5. The van der Waals surface area contributed by atoms with Gasteiger partial charge in [0.25, 0.3) is 8.32 Å². The van der Waals surface area contributed by atoms with Crippen molar-refractivity contribution in [3.05, 3.63) is 60.7 Å². The number of rotatable bonds is 8. The van der Waals surface area contributed by atoms with Crippen molar-refractivity contribution in [2.75, 3.05) is 27.4 Å². The van der Waals surface area contributed by atoms with Gasteiger partial charge in [0.05, 0.1) is 13.2 Å². The molecule has 7 heteroatoms. The molecule has 0 spiro atoms. The zero-order valence-electron chi connectivity index (χ0n) is 21.4. The Kier molecular flexibility index (Phi) is 7.10. The summed E-state index contributed by atoms with van der Waals surface area (Å²) >= 11 is 0. The first-order chi connectivity index (χ1) is 16.1. The SMILES string of the molecule is CO[C@]1(C)O[C@@H](CO[Si](c2ccccc2)(c2ccccc2)C(C)(C)C)[C@@H](C2CO2)O[C@@]1(C)OC. The summed E-state index contributed by atoms with van der Waals surface area (Å²) in [4.78, 5) is 0. The van der Waals surface area contributed by atoms with Gasteiger partial charge in [-0.25, -0.2) is 0 Å². The first-order valence-corrected chi connectivity index (χ1v) is 13.8. The maximum atomic E-state index is 7.14. The van der Waals surface area contributed by atoms with Gasteiger partial charge in [-0.1, -0.05) is 81.4 Å². The summed E-state index contributed by atoms with van der Waals surface area (Å²) in [5.41, 5.74) is 0. The van der Waals surface area contributed by atoms with Crippen LogP contribution in [0.2, 0.25) is 5.04 Å². The molecule has 2 aliphatic heterocycles. The first kappa shape index (κ1) is 25.5. The minimum absolute atomic E-state index is 0.0522. The predicted molar refractivity (Wildman–Crippen MR) is 134 cm³/mol. The molecular weight excluding hydrogens is 448 g/mol. The lowest BCUT2D eigenvalue weighted by Crippen LogP contribution is -2.70. The van der Waals surface area contributed by atoms with Crippen LogP contribution in [0.15, 0.2) is 60.7 Å². The molecule has 2 aromatic carbocycles. The third kappa shape index (κ3) is 4.39. The highest BCUT2D eigenvalue weighted by Gasteiger charge is 2.60. The van der Waals surface area contributed by atoms with Crippen LogP contribution in [0.25, 0.3) is 0 Å². The highest BCUT2D eigenvalue weighted by molar-refractivity contribution is 6.99. The smallest absolute Gasteiger partial charge is 0.261 e. The quantitative estimate of drug-likeness (QED) is 0.421. The average molecular weight is 487 g/mol. The Balaban J connectivity index is 1.73. The summed E-state index contributed by atoms with van der Waals surface area (Å²) in [5, 5.41) is 2.31. The Hall–Kier alpha value is -1.58. The Morgan fingerprint density at radius 1 is 0.853 bits per heavy atom. The molecule has 0 radical (unpaired) electrons. The Labute approximate surface area is 204 Å². The molecule has 0 amide bonds. The molecule has 0 N–H and O–H groups in total. The zero-order chi connectivity index (χ0) is 24.6. The van der Waals surface area contributed by atoms with Crippen molar-refractivity contribution < 1.29 is 28.1 Å². The summed E-state index contributed by atoms with van der Waals surface area (Å²) in [7, 11) is 0.481. The van der Waals surface area contributed by atoms with E-state index in [1.165, 1.54) is 10.4 Å². The van der Waals surface area contributed by atoms with Crippen molar-refractivity contribution in [1.29, 1.82) is 0 Å². The van der Waals surface area contributed by atoms with Gasteiger partial charge in [-0.15, -0.1) is 0 Å². The van der Waals surface area contributed by atoms with Gasteiger partial charge in [0, 0.05) is 14.2 Å². The van der Waals surface area contributed by atoms with E-state index in [0.29, 0.717) is 13.2 Å². The number of epoxide rings is 1. The van der Waals surface area contributed by atoms with Crippen LogP contribution in [0.3, 0.4) is 0 Å². The van der Waals surface area contributed by atoms with E-state index in [1.807, 2.05) is 26.0 Å². The number of hydrogen-bond acceptors (Lipinski definition) is 6. The van der Waals surface area contributed by atoms with Crippen molar-refractivity contribution in [2.24, 2.45) is 0 Å². The summed E-state index contributed by atoms with van der Waals surface area (Å²) in [6.07, 6.45) is -0.766. The molecule has 2 aliphatic rings. The largest absolute Gasteiger partial charge is 0.405 e. The van der Waals surface area contributed by atoms with E-state index < -0.39 is 19.9 Å². The number of benzene rings is 2. The highest BCUT2D eigenvalue weighted by Crippen LogP contribution is 2.43. The molecule has 34 heavy (non-hydrogen) atoms. The topological polar surface area (TPSA) is 58.7 Å². The Bertz CT molecular complexity index is 905. The second-order valence-corrected chi connectivity index (χ2v) is 14.7. The van der Waals surface area contributed by atoms with Gasteiger partial charge in [0.15, 0.2) is 0 Å². The molecule has 4 rings (SSSR count). The maximum absolute atomic E-state index is 7.14. The molecule has 2 fully saturated rings. The van der Waals surface area contributed by atoms with Gasteiger partial charge in [0.2, 0.25) is 11.6 Å². The molecule has 186 valence electrons. The van der Waals surface area contributed by atoms with E-state index in [0.717, 1.165) is 0 Å². The fraction of sp³-hybridized carbons (Fsp3) is 0.556. The van der Waals surface area contributed by atoms with Crippen molar-refractivity contribution >= 4 is 18.7 Å². The molecule has 1 unspecified atom stereocenters. The molecule has 0 bridgehead atoms. The first-order valence-electron chi connectivity index (χ1n) is 11.9.